The third kappa shape index (κ3) is 2.82. The molecule has 0 radical (unpaired) electrons. The van der Waals surface area contributed by atoms with Crippen LogP contribution in [0.25, 0.3) is 21.9 Å². The van der Waals surface area contributed by atoms with E-state index in [1.54, 1.807) is 24.3 Å². The zero-order valence-corrected chi connectivity index (χ0v) is 13.1. The molecule has 3 nitrogen and oxygen atoms in total. The van der Waals surface area contributed by atoms with E-state index in [1.165, 1.54) is 11.3 Å². The van der Waals surface area contributed by atoms with Crippen molar-refractivity contribution in [2.75, 3.05) is 0 Å². The molecule has 0 aliphatic rings. The van der Waals surface area contributed by atoms with Gasteiger partial charge in [0.2, 0.25) is 0 Å². The van der Waals surface area contributed by atoms with Gasteiger partial charge >= 0.3 is 0 Å². The van der Waals surface area contributed by atoms with Crippen molar-refractivity contribution in [3.8, 4) is 11.8 Å². The van der Waals surface area contributed by atoms with Crippen LogP contribution < -0.4 is 0 Å². The molecule has 0 aliphatic heterocycles. The molecular weight excluding hydrogens is 348 g/mol. The van der Waals surface area contributed by atoms with Gasteiger partial charge < -0.3 is 5.11 Å². The van der Waals surface area contributed by atoms with Gasteiger partial charge in [0, 0.05) is 10.0 Å². The van der Waals surface area contributed by atoms with Crippen molar-refractivity contribution in [3.63, 3.8) is 0 Å². The number of allylic oxidation sites excluding steroid dienone is 1. The third-order valence-corrected chi connectivity index (χ3v) is 4.50. The number of para-hydroxylation sites is 1. The molecule has 102 valence electrons. The summed E-state index contributed by atoms with van der Waals surface area (Å²) in [6.07, 6.45) is 1.65. The van der Waals surface area contributed by atoms with Crippen LogP contribution in [0.3, 0.4) is 0 Å². The lowest BCUT2D eigenvalue weighted by Gasteiger charge is -2.00. The fourth-order valence-electron chi connectivity index (χ4n) is 1.93. The second-order valence-electron chi connectivity index (χ2n) is 4.36. The van der Waals surface area contributed by atoms with Crippen LogP contribution in [0.2, 0.25) is 0 Å². The zero-order valence-electron chi connectivity index (χ0n) is 10.7. The number of aromatic hydroxyl groups is 1. The summed E-state index contributed by atoms with van der Waals surface area (Å²) >= 11 is 4.82. The quantitative estimate of drug-likeness (QED) is 0.669. The van der Waals surface area contributed by atoms with E-state index in [-0.39, 0.29) is 5.75 Å². The average Bonchev–Trinajstić information content (AvgIpc) is 2.91. The van der Waals surface area contributed by atoms with E-state index in [9.17, 15) is 10.4 Å². The van der Waals surface area contributed by atoms with Crippen LogP contribution in [0, 0.1) is 11.3 Å². The Bertz CT molecular complexity index is 860. The number of phenolic OH excluding ortho intramolecular Hbond substituents is 1. The molecule has 0 fully saturated rings. The fourth-order valence-corrected chi connectivity index (χ4v) is 3.24. The SMILES string of the molecule is N#CC(=Cc1cc(Br)ccc1O)c1nc2ccccc2s1. The molecule has 0 aliphatic carbocycles. The van der Waals surface area contributed by atoms with Gasteiger partial charge in [-0.2, -0.15) is 5.26 Å². The van der Waals surface area contributed by atoms with Crippen LogP contribution in [0.1, 0.15) is 10.6 Å². The topological polar surface area (TPSA) is 56.9 Å². The van der Waals surface area contributed by atoms with Gasteiger partial charge in [-0.15, -0.1) is 11.3 Å². The molecule has 0 spiro atoms. The minimum absolute atomic E-state index is 0.132. The number of halogens is 1. The maximum Gasteiger partial charge on any atom is 0.135 e. The van der Waals surface area contributed by atoms with E-state index in [0.29, 0.717) is 16.1 Å². The highest BCUT2D eigenvalue weighted by molar-refractivity contribution is 9.10. The fraction of sp³-hybridized carbons (Fsp3) is 0. The van der Waals surface area contributed by atoms with E-state index < -0.39 is 0 Å². The van der Waals surface area contributed by atoms with Crippen LogP contribution in [0.5, 0.6) is 5.75 Å². The van der Waals surface area contributed by atoms with Gasteiger partial charge in [0.25, 0.3) is 0 Å². The molecule has 1 aromatic heterocycles. The van der Waals surface area contributed by atoms with Crippen LogP contribution in [0.4, 0.5) is 0 Å². The highest BCUT2D eigenvalue weighted by Gasteiger charge is 2.09. The molecule has 0 atom stereocenters. The summed E-state index contributed by atoms with van der Waals surface area (Å²) in [6.45, 7) is 0. The number of hydrogen-bond acceptors (Lipinski definition) is 4. The molecule has 0 saturated carbocycles. The standard InChI is InChI=1S/C16H9BrN2OS/c17-12-5-6-14(20)10(8-12)7-11(9-18)16-19-13-3-1-2-4-15(13)21-16/h1-8,20H. The lowest BCUT2D eigenvalue weighted by Crippen LogP contribution is -1.81. The Balaban J connectivity index is 2.11. The van der Waals surface area contributed by atoms with Crippen molar-refractivity contribution in [2.45, 2.75) is 0 Å². The number of rotatable bonds is 2. The predicted molar refractivity (Wildman–Crippen MR) is 88.9 cm³/mol. The molecule has 0 bridgehead atoms. The van der Waals surface area contributed by atoms with Gasteiger partial charge in [0.1, 0.15) is 16.8 Å². The van der Waals surface area contributed by atoms with Crippen molar-refractivity contribution in [1.29, 1.82) is 5.26 Å². The van der Waals surface area contributed by atoms with Crippen LogP contribution >= 0.6 is 27.3 Å². The molecule has 0 unspecified atom stereocenters. The van der Waals surface area contributed by atoms with E-state index >= 15 is 0 Å². The highest BCUT2D eigenvalue weighted by Crippen LogP contribution is 2.30. The first-order chi connectivity index (χ1) is 10.2. The van der Waals surface area contributed by atoms with Gasteiger partial charge in [-0.25, -0.2) is 4.98 Å². The number of fused-ring (bicyclic) bond motifs is 1. The molecule has 2 aromatic carbocycles. The van der Waals surface area contributed by atoms with E-state index in [0.717, 1.165) is 14.7 Å². The van der Waals surface area contributed by atoms with Crippen LogP contribution in [-0.2, 0) is 0 Å². The Hall–Kier alpha value is -2.16. The minimum atomic E-state index is 0.132. The largest absolute Gasteiger partial charge is 0.507 e. The first kappa shape index (κ1) is 13.8. The van der Waals surface area contributed by atoms with Gasteiger partial charge in [-0.1, -0.05) is 28.1 Å². The number of thiazole rings is 1. The third-order valence-electron chi connectivity index (χ3n) is 2.93. The number of nitriles is 1. The molecule has 1 heterocycles. The Morgan fingerprint density at radius 1 is 1.29 bits per heavy atom. The molecule has 0 amide bonds. The first-order valence-corrected chi connectivity index (χ1v) is 7.74. The van der Waals surface area contributed by atoms with Gasteiger partial charge in [0.15, 0.2) is 0 Å². The molecule has 1 N–H and O–H groups in total. The van der Waals surface area contributed by atoms with E-state index in [4.69, 9.17) is 0 Å². The molecule has 5 heteroatoms. The number of benzene rings is 2. The summed E-state index contributed by atoms with van der Waals surface area (Å²) < 4.78 is 1.88. The Labute approximate surface area is 133 Å². The Morgan fingerprint density at radius 3 is 2.86 bits per heavy atom. The first-order valence-electron chi connectivity index (χ1n) is 6.13. The second-order valence-corrected chi connectivity index (χ2v) is 6.31. The summed E-state index contributed by atoms with van der Waals surface area (Å²) in [7, 11) is 0. The molecule has 3 aromatic rings. The maximum atomic E-state index is 9.87. The molecule has 21 heavy (non-hydrogen) atoms. The van der Waals surface area contributed by atoms with Crippen LogP contribution in [-0.4, -0.2) is 10.1 Å². The molecular formula is C16H9BrN2OS. The lowest BCUT2D eigenvalue weighted by molar-refractivity contribution is 0.474. The Kier molecular flexibility index (Phi) is 3.74. The van der Waals surface area contributed by atoms with Crippen molar-refractivity contribution in [3.05, 3.63) is 57.5 Å². The monoisotopic (exact) mass is 356 g/mol. The summed E-state index contributed by atoms with van der Waals surface area (Å²) in [5, 5.41) is 19.9. The molecule has 3 rings (SSSR count). The lowest BCUT2D eigenvalue weighted by atomic mass is 10.1. The number of aromatic nitrogens is 1. The van der Waals surface area contributed by atoms with E-state index in [1.807, 2.05) is 24.3 Å². The summed E-state index contributed by atoms with van der Waals surface area (Å²) in [5.74, 6) is 0.132. The number of phenols is 1. The number of hydrogen-bond donors (Lipinski definition) is 1. The van der Waals surface area contributed by atoms with Crippen molar-refractivity contribution < 1.29 is 5.11 Å². The van der Waals surface area contributed by atoms with Crippen molar-refractivity contribution >= 4 is 49.1 Å². The number of nitrogens with zero attached hydrogens (tertiary/aromatic N) is 2. The maximum absolute atomic E-state index is 9.87. The summed E-state index contributed by atoms with van der Waals surface area (Å²) in [5.41, 5.74) is 1.89. The highest BCUT2D eigenvalue weighted by atomic mass is 79.9. The summed E-state index contributed by atoms with van der Waals surface area (Å²) in [4.78, 5) is 4.47. The minimum Gasteiger partial charge on any atom is -0.507 e. The average molecular weight is 357 g/mol. The van der Waals surface area contributed by atoms with E-state index in [2.05, 4.69) is 27.0 Å². The van der Waals surface area contributed by atoms with Crippen LogP contribution in [0.15, 0.2) is 46.9 Å². The van der Waals surface area contributed by atoms with Gasteiger partial charge in [-0.3, -0.25) is 0 Å². The van der Waals surface area contributed by atoms with Crippen molar-refractivity contribution in [2.24, 2.45) is 0 Å². The predicted octanol–water partition coefficient (Wildman–Crippen LogP) is 4.83. The molecule has 0 saturated heterocycles. The smallest absolute Gasteiger partial charge is 0.135 e. The zero-order chi connectivity index (χ0) is 14.8. The van der Waals surface area contributed by atoms with Gasteiger partial charge in [0.05, 0.1) is 15.8 Å². The van der Waals surface area contributed by atoms with Gasteiger partial charge in [-0.05, 0) is 36.4 Å². The normalized spacial score (nSPS) is 11.5. The Morgan fingerprint density at radius 2 is 2.10 bits per heavy atom. The summed E-state index contributed by atoms with van der Waals surface area (Å²) in [6, 6.07) is 15.0. The second kappa shape index (κ2) is 5.68. The van der Waals surface area contributed by atoms with Crippen molar-refractivity contribution in [1.82, 2.24) is 4.98 Å².